The average Bonchev–Trinajstić information content (AvgIpc) is 2.54. The van der Waals surface area contributed by atoms with Gasteiger partial charge in [-0.05, 0) is 48.9 Å². The van der Waals surface area contributed by atoms with Crippen LogP contribution >= 0.6 is 0 Å². The molecule has 2 amide bonds. The van der Waals surface area contributed by atoms with Crippen LogP contribution in [0.1, 0.15) is 44.0 Å². The molecule has 3 N–H and O–H groups in total. The number of amides is 2. The number of hydrogen-bond donors (Lipinski definition) is 2. The molecule has 1 aromatic carbocycles. The molecule has 126 valence electrons. The van der Waals surface area contributed by atoms with E-state index in [4.69, 9.17) is 5.73 Å². The van der Waals surface area contributed by atoms with Gasteiger partial charge in [-0.2, -0.15) is 0 Å². The molecule has 1 atom stereocenters. The maximum atomic E-state index is 12.5. The number of carbonyl (C=O) groups is 2. The molecule has 0 aliphatic carbocycles. The number of carbonyl (C=O) groups excluding carboxylic acids is 2. The van der Waals surface area contributed by atoms with Crippen LogP contribution in [0, 0.1) is 11.8 Å². The number of rotatable bonds is 4. The van der Waals surface area contributed by atoms with Crippen LogP contribution in [-0.4, -0.2) is 35.8 Å². The van der Waals surface area contributed by atoms with Crippen LogP contribution in [0.25, 0.3) is 0 Å². The van der Waals surface area contributed by atoms with E-state index in [2.05, 4.69) is 12.2 Å². The lowest BCUT2D eigenvalue weighted by atomic mass is 9.98. The Labute approximate surface area is 138 Å². The van der Waals surface area contributed by atoms with E-state index in [-0.39, 0.29) is 17.7 Å². The van der Waals surface area contributed by atoms with Gasteiger partial charge in [-0.25, -0.2) is 0 Å². The van der Waals surface area contributed by atoms with E-state index < -0.39 is 6.04 Å². The summed E-state index contributed by atoms with van der Waals surface area (Å²) in [4.78, 5) is 26.3. The van der Waals surface area contributed by atoms with E-state index in [0.717, 1.165) is 25.9 Å². The van der Waals surface area contributed by atoms with E-state index in [1.807, 2.05) is 18.7 Å². The van der Waals surface area contributed by atoms with Crippen LogP contribution < -0.4 is 11.1 Å². The maximum Gasteiger partial charge on any atom is 0.253 e. The molecule has 5 heteroatoms. The molecule has 1 saturated heterocycles. The topological polar surface area (TPSA) is 75.4 Å². The van der Waals surface area contributed by atoms with E-state index in [0.29, 0.717) is 17.2 Å². The molecule has 1 aromatic rings. The Bertz CT molecular complexity index is 546. The lowest BCUT2D eigenvalue weighted by Crippen LogP contribution is -2.39. The van der Waals surface area contributed by atoms with Crippen LogP contribution in [-0.2, 0) is 4.79 Å². The van der Waals surface area contributed by atoms with Gasteiger partial charge < -0.3 is 16.0 Å². The van der Waals surface area contributed by atoms with Crippen LogP contribution in [0.5, 0.6) is 0 Å². The third-order valence-corrected chi connectivity index (χ3v) is 4.49. The molecule has 0 aromatic heterocycles. The van der Waals surface area contributed by atoms with Gasteiger partial charge in [0.1, 0.15) is 0 Å². The molecule has 1 fully saturated rings. The number of piperidine rings is 1. The summed E-state index contributed by atoms with van der Waals surface area (Å²) >= 11 is 0. The predicted molar refractivity (Wildman–Crippen MR) is 92.2 cm³/mol. The van der Waals surface area contributed by atoms with Crippen molar-refractivity contribution in [1.29, 1.82) is 0 Å². The average molecular weight is 317 g/mol. The summed E-state index contributed by atoms with van der Waals surface area (Å²) in [5.74, 6) is 0.636. The number of benzene rings is 1. The largest absolute Gasteiger partial charge is 0.339 e. The molecular weight excluding hydrogens is 290 g/mol. The minimum absolute atomic E-state index is 0.0636. The fourth-order valence-electron chi connectivity index (χ4n) is 2.62. The van der Waals surface area contributed by atoms with Crippen LogP contribution in [0.15, 0.2) is 24.3 Å². The van der Waals surface area contributed by atoms with Crippen LogP contribution in [0.4, 0.5) is 5.69 Å². The molecule has 0 radical (unpaired) electrons. The second-order valence-electron chi connectivity index (χ2n) is 6.81. The van der Waals surface area contributed by atoms with Crippen molar-refractivity contribution >= 4 is 17.5 Å². The first kappa shape index (κ1) is 17.5. The van der Waals surface area contributed by atoms with Gasteiger partial charge in [0.25, 0.3) is 5.91 Å². The molecule has 0 spiro atoms. The summed E-state index contributed by atoms with van der Waals surface area (Å²) < 4.78 is 0. The molecule has 1 heterocycles. The van der Waals surface area contributed by atoms with E-state index in [9.17, 15) is 9.59 Å². The number of anilines is 1. The SMILES string of the molecule is CC1CCN(C(=O)c2ccc(NC(=O)[C@@H](N)C(C)C)cc2)CC1. The summed E-state index contributed by atoms with van der Waals surface area (Å²) in [7, 11) is 0. The highest BCUT2D eigenvalue weighted by Crippen LogP contribution is 2.19. The zero-order chi connectivity index (χ0) is 17.0. The zero-order valence-electron chi connectivity index (χ0n) is 14.2. The van der Waals surface area contributed by atoms with Gasteiger partial charge in [0.15, 0.2) is 0 Å². The molecule has 23 heavy (non-hydrogen) atoms. The summed E-state index contributed by atoms with van der Waals surface area (Å²) in [6, 6.07) is 6.50. The highest BCUT2D eigenvalue weighted by Gasteiger charge is 2.21. The Balaban J connectivity index is 1.96. The molecule has 0 unspecified atom stereocenters. The van der Waals surface area contributed by atoms with Gasteiger partial charge >= 0.3 is 0 Å². The molecule has 1 aliphatic heterocycles. The molecule has 0 bridgehead atoms. The van der Waals surface area contributed by atoms with Gasteiger partial charge in [0, 0.05) is 24.3 Å². The van der Waals surface area contributed by atoms with Crippen molar-refractivity contribution in [1.82, 2.24) is 4.90 Å². The van der Waals surface area contributed by atoms with Crippen molar-refractivity contribution in [3.8, 4) is 0 Å². The minimum atomic E-state index is -0.536. The Kier molecular flexibility index (Phi) is 5.77. The Morgan fingerprint density at radius 1 is 1.17 bits per heavy atom. The molecule has 5 nitrogen and oxygen atoms in total. The molecule has 0 saturated carbocycles. The summed E-state index contributed by atoms with van der Waals surface area (Å²) in [5, 5.41) is 2.79. The van der Waals surface area contributed by atoms with Crippen molar-refractivity contribution in [2.75, 3.05) is 18.4 Å². The Morgan fingerprint density at radius 2 is 1.74 bits per heavy atom. The second-order valence-corrected chi connectivity index (χ2v) is 6.81. The van der Waals surface area contributed by atoms with Gasteiger partial charge in [-0.15, -0.1) is 0 Å². The number of nitrogens with two attached hydrogens (primary N) is 1. The number of nitrogens with zero attached hydrogens (tertiary/aromatic N) is 1. The lowest BCUT2D eigenvalue weighted by Gasteiger charge is -2.30. The fourth-order valence-corrected chi connectivity index (χ4v) is 2.62. The maximum absolute atomic E-state index is 12.5. The Hall–Kier alpha value is -1.88. The van der Waals surface area contributed by atoms with Crippen molar-refractivity contribution in [3.63, 3.8) is 0 Å². The molecule has 2 rings (SSSR count). The summed E-state index contributed by atoms with van der Waals surface area (Å²) in [6.07, 6.45) is 2.12. The van der Waals surface area contributed by atoms with Crippen molar-refractivity contribution in [2.45, 2.75) is 39.7 Å². The first-order valence-corrected chi connectivity index (χ1v) is 8.34. The van der Waals surface area contributed by atoms with Gasteiger partial charge in [0.05, 0.1) is 6.04 Å². The monoisotopic (exact) mass is 317 g/mol. The zero-order valence-corrected chi connectivity index (χ0v) is 14.2. The smallest absolute Gasteiger partial charge is 0.253 e. The van der Waals surface area contributed by atoms with Crippen LogP contribution in [0.2, 0.25) is 0 Å². The summed E-state index contributed by atoms with van der Waals surface area (Å²) in [5.41, 5.74) is 7.14. The lowest BCUT2D eigenvalue weighted by molar-refractivity contribution is -0.118. The quantitative estimate of drug-likeness (QED) is 0.896. The Morgan fingerprint density at radius 3 is 2.26 bits per heavy atom. The first-order valence-electron chi connectivity index (χ1n) is 8.34. The van der Waals surface area contributed by atoms with Gasteiger partial charge in [-0.3, -0.25) is 9.59 Å². The summed E-state index contributed by atoms with van der Waals surface area (Å²) in [6.45, 7) is 7.68. The van der Waals surface area contributed by atoms with E-state index in [1.165, 1.54) is 0 Å². The van der Waals surface area contributed by atoms with Crippen molar-refractivity contribution in [2.24, 2.45) is 17.6 Å². The highest BCUT2D eigenvalue weighted by atomic mass is 16.2. The number of likely N-dealkylation sites (tertiary alicyclic amines) is 1. The predicted octanol–water partition coefficient (Wildman–Crippen LogP) is 2.48. The van der Waals surface area contributed by atoms with Crippen molar-refractivity contribution < 1.29 is 9.59 Å². The minimum Gasteiger partial charge on any atom is -0.339 e. The normalized spacial score (nSPS) is 17.2. The third-order valence-electron chi connectivity index (χ3n) is 4.49. The molecule has 1 aliphatic rings. The highest BCUT2D eigenvalue weighted by molar-refractivity contribution is 5.97. The second kappa shape index (κ2) is 7.59. The number of hydrogen-bond acceptors (Lipinski definition) is 3. The molecular formula is C18H27N3O2. The van der Waals surface area contributed by atoms with E-state index >= 15 is 0 Å². The third kappa shape index (κ3) is 4.55. The first-order chi connectivity index (χ1) is 10.9. The fraction of sp³-hybridized carbons (Fsp3) is 0.556. The number of nitrogens with one attached hydrogen (secondary N) is 1. The van der Waals surface area contributed by atoms with Gasteiger partial charge in [-0.1, -0.05) is 20.8 Å². The standard InChI is InChI=1S/C18H27N3O2/c1-12(2)16(19)17(22)20-15-6-4-14(5-7-15)18(23)21-10-8-13(3)9-11-21/h4-7,12-13,16H,8-11,19H2,1-3H3,(H,20,22)/t16-/m0/s1. The van der Waals surface area contributed by atoms with Gasteiger partial charge in [0.2, 0.25) is 5.91 Å². The van der Waals surface area contributed by atoms with E-state index in [1.54, 1.807) is 24.3 Å². The van der Waals surface area contributed by atoms with Crippen LogP contribution in [0.3, 0.4) is 0 Å². The van der Waals surface area contributed by atoms with Crippen molar-refractivity contribution in [3.05, 3.63) is 29.8 Å².